The molecular formula is C10H14O4S. The van der Waals surface area contributed by atoms with Crippen LogP contribution < -0.4 is 4.74 Å². The zero-order chi connectivity index (χ0) is 11.4. The number of aliphatic hydroxyl groups is 1. The van der Waals surface area contributed by atoms with Crippen LogP contribution in [0.4, 0.5) is 0 Å². The average Bonchev–Trinajstić information content (AvgIpc) is 2.56. The van der Waals surface area contributed by atoms with E-state index in [1.54, 1.807) is 6.07 Å². The van der Waals surface area contributed by atoms with E-state index in [1.807, 2.05) is 13.8 Å². The maximum atomic E-state index is 10.8. The van der Waals surface area contributed by atoms with E-state index in [0.29, 0.717) is 12.2 Å². The average molecular weight is 230 g/mol. The Morgan fingerprint density at radius 2 is 2.33 bits per heavy atom. The van der Waals surface area contributed by atoms with Gasteiger partial charge in [-0.05, 0) is 19.4 Å². The third-order valence-corrected chi connectivity index (χ3v) is 2.94. The molecule has 0 radical (unpaired) electrons. The van der Waals surface area contributed by atoms with Gasteiger partial charge in [-0.1, -0.05) is 6.92 Å². The second-order valence-electron chi connectivity index (χ2n) is 3.23. The lowest BCUT2D eigenvalue weighted by molar-refractivity contribution is 0.0689. The lowest BCUT2D eigenvalue weighted by Gasteiger charge is -2.09. The van der Waals surface area contributed by atoms with Crippen LogP contribution in [0.25, 0.3) is 0 Å². The van der Waals surface area contributed by atoms with Gasteiger partial charge < -0.3 is 14.9 Å². The molecule has 15 heavy (non-hydrogen) atoms. The summed E-state index contributed by atoms with van der Waals surface area (Å²) >= 11 is 1.18. The number of aryl methyl sites for hydroxylation is 1. The third kappa shape index (κ3) is 3.21. The summed E-state index contributed by atoms with van der Waals surface area (Å²) in [6, 6.07) is 1.68. The van der Waals surface area contributed by atoms with E-state index < -0.39 is 12.1 Å². The number of ether oxygens (including phenoxy) is 1. The summed E-state index contributed by atoms with van der Waals surface area (Å²) in [7, 11) is 0. The molecule has 4 nitrogen and oxygen atoms in total. The van der Waals surface area contributed by atoms with E-state index in [9.17, 15) is 9.90 Å². The van der Waals surface area contributed by atoms with Gasteiger partial charge in [0.05, 0.1) is 6.10 Å². The third-order valence-electron chi connectivity index (χ3n) is 1.92. The molecule has 0 aliphatic heterocycles. The molecule has 0 saturated heterocycles. The summed E-state index contributed by atoms with van der Waals surface area (Å²) in [4.78, 5) is 11.9. The first-order chi connectivity index (χ1) is 7.04. The fourth-order valence-corrected chi connectivity index (χ4v) is 1.84. The Morgan fingerprint density at radius 3 is 2.87 bits per heavy atom. The van der Waals surface area contributed by atoms with Crippen molar-refractivity contribution in [3.8, 4) is 5.75 Å². The van der Waals surface area contributed by atoms with Crippen LogP contribution in [0, 0.1) is 6.92 Å². The maximum Gasteiger partial charge on any atom is 0.349 e. The SMILES string of the molecule is CCC(O)COc1cc(C)sc1C(=O)O. The Hall–Kier alpha value is -1.07. The number of hydrogen-bond acceptors (Lipinski definition) is 4. The lowest BCUT2D eigenvalue weighted by Crippen LogP contribution is -2.16. The molecule has 0 aliphatic rings. The summed E-state index contributed by atoms with van der Waals surface area (Å²) in [5.74, 6) is -0.647. The van der Waals surface area contributed by atoms with Gasteiger partial charge in [0.25, 0.3) is 0 Å². The fraction of sp³-hybridized carbons (Fsp3) is 0.500. The van der Waals surface area contributed by atoms with Crippen LogP contribution in [0.1, 0.15) is 27.9 Å². The van der Waals surface area contributed by atoms with Crippen LogP contribution in [0.2, 0.25) is 0 Å². The molecule has 0 spiro atoms. The van der Waals surface area contributed by atoms with Crippen molar-refractivity contribution in [1.29, 1.82) is 0 Å². The molecule has 0 aliphatic carbocycles. The maximum absolute atomic E-state index is 10.8. The largest absolute Gasteiger partial charge is 0.489 e. The van der Waals surface area contributed by atoms with Crippen LogP contribution in [0.5, 0.6) is 5.75 Å². The molecule has 1 unspecified atom stereocenters. The van der Waals surface area contributed by atoms with Gasteiger partial charge in [-0.25, -0.2) is 4.79 Å². The number of carboxylic acids is 1. The first kappa shape index (κ1) is 12.0. The normalized spacial score (nSPS) is 12.5. The molecule has 0 aromatic carbocycles. The van der Waals surface area contributed by atoms with Crippen LogP contribution >= 0.6 is 11.3 Å². The summed E-state index contributed by atoms with van der Waals surface area (Å²) in [6.07, 6.45) is 0.0396. The minimum absolute atomic E-state index is 0.132. The molecule has 1 aromatic heterocycles. The molecule has 0 saturated carbocycles. The zero-order valence-corrected chi connectivity index (χ0v) is 9.50. The molecule has 1 heterocycles. The number of carbonyl (C=O) groups is 1. The van der Waals surface area contributed by atoms with Crippen molar-refractivity contribution in [3.05, 3.63) is 15.8 Å². The van der Waals surface area contributed by atoms with Crippen molar-refractivity contribution in [1.82, 2.24) is 0 Å². The number of carboxylic acid groups (broad SMARTS) is 1. The second-order valence-corrected chi connectivity index (χ2v) is 4.48. The predicted octanol–water partition coefficient (Wildman–Crippen LogP) is 1.90. The Bertz CT molecular complexity index is 345. The van der Waals surface area contributed by atoms with Gasteiger partial charge in [-0.2, -0.15) is 0 Å². The summed E-state index contributed by atoms with van der Waals surface area (Å²) < 4.78 is 5.25. The van der Waals surface area contributed by atoms with Crippen molar-refractivity contribution >= 4 is 17.3 Å². The molecule has 1 aromatic rings. The molecule has 1 atom stereocenters. The Balaban J connectivity index is 2.71. The van der Waals surface area contributed by atoms with E-state index in [-0.39, 0.29) is 11.5 Å². The quantitative estimate of drug-likeness (QED) is 0.810. The van der Waals surface area contributed by atoms with Gasteiger partial charge in [-0.3, -0.25) is 0 Å². The Kier molecular flexibility index (Phi) is 4.11. The van der Waals surface area contributed by atoms with E-state index >= 15 is 0 Å². The van der Waals surface area contributed by atoms with E-state index in [1.165, 1.54) is 11.3 Å². The molecule has 0 bridgehead atoms. The van der Waals surface area contributed by atoms with Gasteiger partial charge in [0.1, 0.15) is 12.4 Å². The van der Waals surface area contributed by atoms with E-state index in [0.717, 1.165) is 4.88 Å². The first-order valence-corrected chi connectivity index (χ1v) is 5.50. The van der Waals surface area contributed by atoms with Crippen molar-refractivity contribution < 1.29 is 19.7 Å². The number of thiophene rings is 1. The molecule has 2 N–H and O–H groups in total. The number of aromatic carboxylic acids is 1. The summed E-state index contributed by atoms with van der Waals surface area (Å²) in [5.41, 5.74) is 0. The Morgan fingerprint density at radius 1 is 1.67 bits per heavy atom. The highest BCUT2D eigenvalue weighted by Crippen LogP contribution is 2.28. The molecule has 84 valence electrons. The van der Waals surface area contributed by atoms with E-state index in [4.69, 9.17) is 9.84 Å². The van der Waals surface area contributed by atoms with Crippen molar-refractivity contribution in [2.75, 3.05) is 6.61 Å². The minimum atomic E-state index is -0.992. The van der Waals surface area contributed by atoms with Crippen molar-refractivity contribution in [3.63, 3.8) is 0 Å². The Labute approximate surface area is 92.1 Å². The van der Waals surface area contributed by atoms with Gasteiger partial charge in [-0.15, -0.1) is 11.3 Å². The summed E-state index contributed by atoms with van der Waals surface area (Å²) in [6.45, 7) is 3.79. The van der Waals surface area contributed by atoms with Crippen LogP contribution in [0.15, 0.2) is 6.07 Å². The number of hydrogen-bond donors (Lipinski definition) is 2. The standard InChI is InChI=1S/C10H14O4S/c1-3-7(11)5-14-8-4-6(2)15-9(8)10(12)13/h4,7,11H,3,5H2,1-2H3,(H,12,13). The van der Waals surface area contributed by atoms with Crippen molar-refractivity contribution in [2.24, 2.45) is 0 Å². The molecule has 1 rings (SSSR count). The molecule has 0 fully saturated rings. The fourth-order valence-electron chi connectivity index (χ4n) is 1.05. The molecule has 0 amide bonds. The first-order valence-electron chi connectivity index (χ1n) is 4.69. The molecule has 5 heteroatoms. The topological polar surface area (TPSA) is 66.8 Å². The van der Waals surface area contributed by atoms with Gasteiger partial charge in [0.2, 0.25) is 0 Å². The van der Waals surface area contributed by atoms with Gasteiger partial charge in [0.15, 0.2) is 4.88 Å². The van der Waals surface area contributed by atoms with Gasteiger partial charge >= 0.3 is 5.97 Å². The highest BCUT2D eigenvalue weighted by atomic mass is 32.1. The van der Waals surface area contributed by atoms with Crippen LogP contribution in [-0.2, 0) is 0 Å². The lowest BCUT2D eigenvalue weighted by atomic mass is 10.3. The van der Waals surface area contributed by atoms with Crippen LogP contribution in [-0.4, -0.2) is 28.9 Å². The van der Waals surface area contributed by atoms with Gasteiger partial charge in [0, 0.05) is 4.88 Å². The summed E-state index contributed by atoms with van der Waals surface area (Å²) in [5, 5.41) is 18.2. The minimum Gasteiger partial charge on any atom is -0.489 e. The predicted molar refractivity (Wildman–Crippen MR) is 57.8 cm³/mol. The number of rotatable bonds is 5. The highest BCUT2D eigenvalue weighted by molar-refractivity contribution is 7.14. The van der Waals surface area contributed by atoms with E-state index in [2.05, 4.69) is 0 Å². The zero-order valence-electron chi connectivity index (χ0n) is 8.69. The highest BCUT2D eigenvalue weighted by Gasteiger charge is 2.15. The molecular weight excluding hydrogens is 216 g/mol. The van der Waals surface area contributed by atoms with Crippen LogP contribution in [0.3, 0.4) is 0 Å². The number of aliphatic hydroxyl groups excluding tert-OH is 1. The monoisotopic (exact) mass is 230 g/mol. The van der Waals surface area contributed by atoms with Crippen molar-refractivity contribution in [2.45, 2.75) is 26.4 Å². The smallest absolute Gasteiger partial charge is 0.349 e. The second kappa shape index (κ2) is 5.14.